The van der Waals surface area contributed by atoms with Crippen molar-refractivity contribution < 1.29 is 0 Å². The van der Waals surface area contributed by atoms with Crippen LogP contribution in [0.15, 0.2) is 6.33 Å². The van der Waals surface area contributed by atoms with E-state index in [1.165, 1.54) is 25.6 Å². The first-order valence-electron chi connectivity index (χ1n) is 5.23. The van der Waals surface area contributed by atoms with Crippen LogP contribution < -0.4 is 0 Å². The second-order valence-electron chi connectivity index (χ2n) is 3.86. The Bertz CT molecular complexity index is 505. The maximum absolute atomic E-state index is 6.29. The summed E-state index contributed by atoms with van der Waals surface area (Å²) in [5.41, 5.74) is 2.27. The first-order valence-corrected chi connectivity index (χ1v) is 5.61. The van der Waals surface area contributed by atoms with E-state index in [1.807, 2.05) is 0 Å². The Morgan fingerprint density at radius 3 is 3.00 bits per heavy atom. The molecule has 15 heavy (non-hydrogen) atoms. The van der Waals surface area contributed by atoms with Crippen LogP contribution in [0, 0.1) is 0 Å². The van der Waals surface area contributed by atoms with Crippen molar-refractivity contribution in [3.63, 3.8) is 0 Å². The van der Waals surface area contributed by atoms with Gasteiger partial charge >= 0.3 is 0 Å². The lowest BCUT2D eigenvalue weighted by Gasteiger charge is -2.07. The summed E-state index contributed by atoms with van der Waals surface area (Å²) in [4.78, 5) is 8.58. The van der Waals surface area contributed by atoms with E-state index in [9.17, 15) is 0 Å². The Morgan fingerprint density at radius 1 is 1.20 bits per heavy atom. The fraction of sp³-hybridized carbons (Fsp3) is 0.500. The normalized spacial score (nSPS) is 16.3. The van der Waals surface area contributed by atoms with Gasteiger partial charge in [0.1, 0.15) is 11.5 Å². The summed E-state index contributed by atoms with van der Waals surface area (Å²) >= 11 is 6.29. The van der Waals surface area contributed by atoms with Crippen molar-refractivity contribution in [2.75, 3.05) is 0 Å². The van der Waals surface area contributed by atoms with Crippen LogP contribution in [-0.2, 0) is 12.8 Å². The van der Waals surface area contributed by atoms with Crippen molar-refractivity contribution in [2.45, 2.75) is 32.1 Å². The molecular formula is C10H11ClN4. The predicted octanol–water partition coefficient (Wildman–Crippen LogP) is 2.05. The van der Waals surface area contributed by atoms with E-state index in [4.69, 9.17) is 11.6 Å². The summed E-state index contributed by atoms with van der Waals surface area (Å²) in [5, 5.41) is 4.76. The zero-order chi connectivity index (χ0) is 10.3. The van der Waals surface area contributed by atoms with Crippen molar-refractivity contribution in [3.8, 4) is 0 Å². The van der Waals surface area contributed by atoms with Gasteiger partial charge in [0.2, 0.25) is 0 Å². The van der Waals surface area contributed by atoms with Crippen LogP contribution >= 0.6 is 11.6 Å². The zero-order valence-electron chi connectivity index (χ0n) is 8.28. The Hall–Kier alpha value is -1.16. The van der Waals surface area contributed by atoms with Crippen LogP contribution in [0.1, 0.15) is 30.5 Å². The van der Waals surface area contributed by atoms with Crippen LogP contribution in [0.3, 0.4) is 0 Å². The second-order valence-corrected chi connectivity index (χ2v) is 4.22. The van der Waals surface area contributed by atoms with E-state index in [1.54, 1.807) is 4.52 Å². The van der Waals surface area contributed by atoms with Crippen LogP contribution in [0.2, 0.25) is 5.15 Å². The third-order valence-electron chi connectivity index (χ3n) is 2.89. The van der Waals surface area contributed by atoms with E-state index in [-0.39, 0.29) is 0 Å². The standard InChI is InChI=1S/C10H11ClN4/c11-9-7-4-2-1-3-5-8(7)14-10-12-6-13-15(9)10/h6H,1-5H2. The number of rotatable bonds is 0. The first-order chi connectivity index (χ1) is 7.36. The predicted molar refractivity (Wildman–Crippen MR) is 57.1 cm³/mol. The fourth-order valence-electron chi connectivity index (χ4n) is 2.11. The molecule has 1 aliphatic carbocycles. The molecule has 0 spiro atoms. The minimum atomic E-state index is 0.612. The van der Waals surface area contributed by atoms with E-state index >= 15 is 0 Å². The Morgan fingerprint density at radius 2 is 2.07 bits per heavy atom. The highest BCUT2D eigenvalue weighted by Crippen LogP contribution is 2.25. The molecule has 2 aromatic rings. The van der Waals surface area contributed by atoms with Gasteiger partial charge in [-0.15, -0.1) is 0 Å². The second kappa shape index (κ2) is 3.45. The highest BCUT2D eigenvalue weighted by Gasteiger charge is 2.16. The average Bonchev–Trinajstić information content (AvgIpc) is 2.56. The van der Waals surface area contributed by atoms with Gasteiger partial charge in [-0.25, -0.2) is 4.98 Å². The molecule has 2 heterocycles. The summed E-state index contributed by atoms with van der Waals surface area (Å²) in [6.07, 6.45) is 7.15. The molecule has 3 rings (SSSR count). The van der Waals surface area contributed by atoms with E-state index in [0.29, 0.717) is 10.9 Å². The Labute approximate surface area is 92.3 Å². The quantitative estimate of drug-likeness (QED) is 0.506. The molecule has 0 unspecified atom stereocenters. The van der Waals surface area contributed by atoms with E-state index < -0.39 is 0 Å². The molecule has 0 saturated carbocycles. The molecule has 0 aromatic carbocycles. The van der Waals surface area contributed by atoms with Crippen molar-refractivity contribution in [1.29, 1.82) is 0 Å². The number of hydrogen-bond donors (Lipinski definition) is 0. The topological polar surface area (TPSA) is 43.1 Å². The molecule has 5 heteroatoms. The van der Waals surface area contributed by atoms with Gasteiger partial charge < -0.3 is 0 Å². The van der Waals surface area contributed by atoms with Crippen LogP contribution in [0.25, 0.3) is 5.78 Å². The molecule has 0 radical (unpaired) electrons. The Kier molecular flexibility index (Phi) is 2.09. The highest BCUT2D eigenvalue weighted by molar-refractivity contribution is 6.30. The minimum Gasteiger partial charge on any atom is -0.216 e. The van der Waals surface area contributed by atoms with Crippen molar-refractivity contribution >= 4 is 17.4 Å². The lowest BCUT2D eigenvalue weighted by molar-refractivity contribution is 0.709. The maximum Gasteiger partial charge on any atom is 0.253 e. The number of halogens is 1. The molecule has 0 amide bonds. The number of hydrogen-bond acceptors (Lipinski definition) is 3. The third kappa shape index (κ3) is 1.40. The van der Waals surface area contributed by atoms with Crippen LogP contribution in [0.5, 0.6) is 0 Å². The average molecular weight is 223 g/mol. The number of aromatic nitrogens is 4. The molecule has 0 aliphatic heterocycles. The molecule has 0 saturated heterocycles. The number of nitrogens with zero attached hydrogens (tertiary/aromatic N) is 4. The summed E-state index contributed by atoms with van der Waals surface area (Å²) < 4.78 is 1.62. The lowest BCUT2D eigenvalue weighted by atomic mass is 10.1. The highest BCUT2D eigenvalue weighted by atomic mass is 35.5. The summed E-state index contributed by atoms with van der Waals surface area (Å²) in [6.45, 7) is 0. The molecule has 0 atom stereocenters. The van der Waals surface area contributed by atoms with Gasteiger partial charge in [0.05, 0.1) is 5.69 Å². The molecular weight excluding hydrogens is 212 g/mol. The van der Waals surface area contributed by atoms with Gasteiger partial charge in [0.25, 0.3) is 5.78 Å². The summed E-state index contributed by atoms with van der Waals surface area (Å²) in [5.74, 6) is 0.612. The van der Waals surface area contributed by atoms with Crippen molar-refractivity contribution in [1.82, 2.24) is 19.6 Å². The Balaban J connectivity index is 2.28. The van der Waals surface area contributed by atoms with Gasteiger partial charge in [0, 0.05) is 5.56 Å². The van der Waals surface area contributed by atoms with Gasteiger partial charge in [-0.2, -0.15) is 14.6 Å². The van der Waals surface area contributed by atoms with Gasteiger partial charge in [0.15, 0.2) is 0 Å². The minimum absolute atomic E-state index is 0.612. The smallest absolute Gasteiger partial charge is 0.216 e. The largest absolute Gasteiger partial charge is 0.253 e. The molecule has 0 N–H and O–H groups in total. The fourth-order valence-corrected chi connectivity index (χ4v) is 2.43. The molecule has 78 valence electrons. The zero-order valence-corrected chi connectivity index (χ0v) is 9.04. The first kappa shape index (κ1) is 9.09. The molecule has 1 aliphatic rings. The summed E-state index contributed by atoms with van der Waals surface area (Å²) in [6, 6.07) is 0. The van der Waals surface area contributed by atoms with Crippen molar-refractivity contribution in [3.05, 3.63) is 22.7 Å². The monoisotopic (exact) mass is 222 g/mol. The van der Waals surface area contributed by atoms with Gasteiger partial charge in [-0.1, -0.05) is 18.0 Å². The van der Waals surface area contributed by atoms with Crippen LogP contribution in [-0.4, -0.2) is 19.6 Å². The number of fused-ring (bicyclic) bond motifs is 2. The molecule has 0 bridgehead atoms. The maximum atomic E-state index is 6.29. The number of aryl methyl sites for hydroxylation is 1. The molecule has 0 fully saturated rings. The third-order valence-corrected chi connectivity index (χ3v) is 3.28. The summed E-state index contributed by atoms with van der Waals surface area (Å²) in [7, 11) is 0. The van der Waals surface area contributed by atoms with Crippen LogP contribution in [0.4, 0.5) is 0 Å². The molecule has 4 nitrogen and oxygen atoms in total. The van der Waals surface area contributed by atoms with Gasteiger partial charge in [-0.05, 0) is 25.7 Å². The molecule has 2 aromatic heterocycles. The van der Waals surface area contributed by atoms with Gasteiger partial charge in [-0.3, -0.25) is 0 Å². The van der Waals surface area contributed by atoms with E-state index in [0.717, 1.165) is 24.1 Å². The van der Waals surface area contributed by atoms with Crippen molar-refractivity contribution in [2.24, 2.45) is 0 Å². The SMILES string of the molecule is Clc1c2c(nc3ncnn13)CCCCC2. The lowest BCUT2D eigenvalue weighted by Crippen LogP contribution is -2.04. The van der Waals surface area contributed by atoms with E-state index in [2.05, 4.69) is 15.1 Å².